The maximum atomic E-state index is 12.9. The lowest BCUT2D eigenvalue weighted by Crippen LogP contribution is -2.40. The van der Waals surface area contributed by atoms with Gasteiger partial charge >= 0.3 is 11.9 Å². The van der Waals surface area contributed by atoms with E-state index in [1.54, 1.807) is 62.4 Å². The fraction of sp³-hybridized carbons (Fsp3) is 0.333. The third kappa shape index (κ3) is 3.65. The fourth-order valence-corrected chi connectivity index (χ4v) is 4.44. The second kappa shape index (κ2) is 8.43. The molecule has 0 amide bonds. The van der Waals surface area contributed by atoms with E-state index in [1.165, 1.54) is 0 Å². The van der Waals surface area contributed by atoms with Crippen LogP contribution in [0, 0.1) is 11.8 Å². The van der Waals surface area contributed by atoms with E-state index in [2.05, 4.69) is 0 Å². The summed E-state index contributed by atoms with van der Waals surface area (Å²) in [5.74, 6) is -2.46. The number of fused-ring (bicyclic) bond motifs is 2. The van der Waals surface area contributed by atoms with E-state index in [0.29, 0.717) is 0 Å². The number of esters is 2. The molecule has 7 heteroatoms. The van der Waals surface area contributed by atoms with Gasteiger partial charge in [0.05, 0.1) is 25.4 Å². The van der Waals surface area contributed by atoms with Crippen LogP contribution in [0.25, 0.3) is 11.1 Å². The van der Waals surface area contributed by atoms with Crippen LogP contribution in [0.4, 0.5) is 0 Å². The van der Waals surface area contributed by atoms with Crippen LogP contribution in [0.2, 0.25) is 0 Å². The Kier molecular flexibility index (Phi) is 5.69. The van der Waals surface area contributed by atoms with Crippen molar-refractivity contribution in [2.75, 3.05) is 13.2 Å². The zero-order chi connectivity index (χ0) is 22.1. The van der Waals surface area contributed by atoms with Gasteiger partial charge in [0, 0.05) is 0 Å². The summed E-state index contributed by atoms with van der Waals surface area (Å²) in [6.45, 7) is 3.80. The van der Waals surface area contributed by atoms with E-state index in [4.69, 9.17) is 14.2 Å². The molecule has 0 aliphatic carbocycles. The van der Waals surface area contributed by atoms with Crippen LogP contribution in [0.1, 0.15) is 25.0 Å². The molecule has 0 radical (unpaired) electrons. The van der Waals surface area contributed by atoms with Crippen LogP contribution in [0.5, 0.6) is 11.5 Å². The molecule has 2 aromatic rings. The zero-order valence-corrected chi connectivity index (χ0v) is 17.3. The Balaban J connectivity index is 1.89. The number of benzene rings is 2. The van der Waals surface area contributed by atoms with Gasteiger partial charge in [-0.1, -0.05) is 24.3 Å². The molecular formula is C24H24O7. The van der Waals surface area contributed by atoms with E-state index in [9.17, 15) is 19.8 Å². The van der Waals surface area contributed by atoms with Gasteiger partial charge in [0.15, 0.2) is 0 Å². The number of phenolic OH excluding ortho intramolecular Hbond substituents is 2. The molecule has 2 heterocycles. The van der Waals surface area contributed by atoms with E-state index in [0.717, 1.165) is 22.3 Å². The first-order valence-corrected chi connectivity index (χ1v) is 10.3. The van der Waals surface area contributed by atoms with Gasteiger partial charge in [-0.05, 0) is 60.4 Å². The molecule has 0 saturated carbocycles. The molecule has 1 saturated heterocycles. The third-order valence-corrected chi connectivity index (χ3v) is 5.67. The summed E-state index contributed by atoms with van der Waals surface area (Å²) in [6.07, 6.45) is -1.40. The molecule has 0 aromatic heterocycles. The second-order valence-corrected chi connectivity index (χ2v) is 7.45. The average molecular weight is 424 g/mol. The Morgan fingerprint density at radius 1 is 0.742 bits per heavy atom. The average Bonchev–Trinajstić information content (AvgIpc) is 3.32. The highest BCUT2D eigenvalue weighted by atomic mass is 16.6. The first-order chi connectivity index (χ1) is 15.0. The molecule has 4 atom stereocenters. The Morgan fingerprint density at radius 2 is 1.10 bits per heavy atom. The Bertz CT molecular complexity index is 926. The van der Waals surface area contributed by atoms with Crippen LogP contribution in [-0.2, 0) is 23.8 Å². The van der Waals surface area contributed by atoms with Crippen molar-refractivity contribution >= 4 is 23.1 Å². The normalized spacial score (nSPS) is 24.3. The molecule has 0 spiro atoms. The number of phenols is 2. The topological polar surface area (TPSA) is 102 Å². The van der Waals surface area contributed by atoms with Gasteiger partial charge in [-0.3, -0.25) is 9.59 Å². The largest absolute Gasteiger partial charge is 0.508 e. The molecule has 1 fully saturated rings. The van der Waals surface area contributed by atoms with Gasteiger partial charge in [0.2, 0.25) is 0 Å². The zero-order valence-electron chi connectivity index (χ0n) is 17.3. The molecule has 4 rings (SSSR count). The van der Waals surface area contributed by atoms with Crippen molar-refractivity contribution in [1.82, 2.24) is 0 Å². The van der Waals surface area contributed by atoms with Crippen molar-refractivity contribution in [3.8, 4) is 11.5 Å². The highest BCUT2D eigenvalue weighted by molar-refractivity contribution is 6.03. The minimum Gasteiger partial charge on any atom is -0.508 e. The molecule has 2 aromatic carbocycles. The Labute approximate surface area is 179 Å². The van der Waals surface area contributed by atoms with Gasteiger partial charge in [-0.2, -0.15) is 0 Å². The van der Waals surface area contributed by atoms with Crippen molar-refractivity contribution < 1.29 is 34.0 Å². The first-order valence-electron chi connectivity index (χ1n) is 10.3. The number of carbonyl (C=O) groups is 2. The molecular weight excluding hydrogens is 400 g/mol. The lowest BCUT2D eigenvalue weighted by atomic mass is 9.72. The minimum absolute atomic E-state index is 0.117. The SMILES string of the molecule is CCOC(=O)[C@@H]1[C@H](C(=O)OCC)[C@@H]2O[C@H]1C(c1ccc(O)cc1)=C2c1ccc(O)cc1. The van der Waals surface area contributed by atoms with Crippen molar-refractivity contribution in [2.45, 2.75) is 26.1 Å². The van der Waals surface area contributed by atoms with E-state index >= 15 is 0 Å². The first kappa shape index (κ1) is 20.9. The van der Waals surface area contributed by atoms with E-state index in [-0.39, 0.29) is 24.7 Å². The number of aromatic hydroxyl groups is 2. The quantitative estimate of drug-likeness (QED) is 0.687. The highest BCUT2D eigenvalue weighted by Crippen LogP contribution is 2.54. The van der Waals surface area contributed by atoms with Crippen molar-refractivity contribution in [3.05, 3.63) is 59.7 Å². The van der Waals surface area contributed by atoms with E-state index in [1.807, 2.05) is 0 Å². The summed E-state index contributed by atoms with van der Waals surface area (Å²) < 4.78 is 16.8. The smallest absolute Gasteiger partial charge is 0.312 e. The van der Waals surface area contributed by atoms with Crippen LogP contribution < -0.4 is 0 Å². The van der Waals surface area contributed by atoms with Crippen LogP contribution in [0.15, 0.2) is 48.5 Å². The van der Waals surface area contributed by atoms with Gasteiger partial charge in [0.25, 0.3) is 0 Å². The summed E-state index contributed by atoms with van der Waals surface area (Å²) >= 11 is 0. The maximum Gasteiger partial charge on any atom is 0.312 e. The Morgan fingerprint density at radius 3 is 1.42 bits per heavy atom. The predicted molar refractivity (Wildman–Crippen MR) is 112 cm³/mol. The summed E-state index contributed by atoms with van der Waals surface area (Å²) in [7, 11) is 0. The number of rotatable bonds is 6. The molecule has 7 nitrogen and oxygen atoms in total. The number of hydrogen-bond donors (Lipinski definition) is 2. The lowest BCUT2D eigenvalue weighted by Gasteiger charge is -2.29. The molecule has 31 heavy (non-hydrogen) atoms. The molecule has 2 aliphatic rings. The monoisotopic (exact) mass is 424 g/mol. The Hall–Kier alpha value is -3.32. The third-order valence-electron chi connectivity index (χ3n) is 5.67. The van der Waals surface area contributed by atoms with Crippen LogP contribution >= 0.6 is 0 Å². The maximum absolute atomic E-state index is 12.9. The summed E-state index contributed by atoms with van der Waals surface area (Å²) in [6, 6.07) is 13.2. The van der Waals surface area contributed by atoms with Crippen LogP contribution in [-0.4, -0.2) is 47.6 Å². The summed E-state index contributed by atoms with van der Waals surface area (Å²) in [5, 5.41) is 19.4. The minimum atomic E-state index is -0.839. The van der Waals surface area contributed by atoms with Gasteiger partial charge in [-0.15, -0.1) is 0 Å². The predicted octanol–water partition coefficient (Wildman–Crippen LogP) is 3.15. The van der Waals surface area contributed by atoms with Gasteiger partial charge in [-0.25, -0.2) is 0 Å². The van der Waals surface area contributed by atoms with Crippen molar-refractivity contribution in [3.63, 3.8) is 0 Å². The summed E-state index contributed by atoms with van der Waals surface area (Å²) in [5.41, 5.74) is 3.05. The second-order valence-electron chi connectivity index (χ2n) is 7.45. The molecule has 2 N–H and O–H groups in total. The molecule has 2 bridgehead atoms. The summed E-state index contributed by atoms with van der Waals surface area (Å²) in [4.78, 5) is 25.7. The fourth-order valence-electron chi connectivity index (χ4n) is 4.44. The van der Waals surface area contributed by atoms with Gasteiger partial charge < -0.3 is 24.4 Å². The van der Waals surface area contributed by atoms with Crippen molar-refractivity contribution in [1.29, 1.82) is 0 Å². The number of ether oxygens (including phenoxy) is 3. The molecule has 0 unspecified atom stereocenters. The lowest BCUT2D eigenvalue weighted by molar-refractivity contribution is -0.159. The highest BCUT2D eigenvalue weighted by Gasteiger charge is 2.60. The van der Waals surface area contributed by atoms with Crippen LogP contribution in [0.3, 0.4) is 0 Å². The number of hydrogen-bond acceptors (Lipinski definition) is 7. The molecule has 162 valence electrons. The molecule has 2 aliphatic heterocycles. The number of carbonyl (C=O) groups excluding carboxylic acids is 2. The van der Waals surface area contributed by atoms with Crippen molar-refractivity contribution in [2.24, 2.45) is 11.8 Å². The van der Waals surface area contributed by atoms with Gasteiger partial charge in [0.1, 0.15) is 23.3 Å². The standard InChI is InChI=1S/C24H24O7/c1-3-29-23(27)19-20(24(28)30-4-2)22-18(14-7-11-16(26)12-8-14)17(21(19)31-22)13-5-9-15(25)10-6-13/h5-12,19-22,25-26H,3-4H2,1-2H3/t19-,20+,21+,22-. The van der Waals surface area contributed by atoms with E-state index < -0.39 is 36.0 Å².